The number of carbonyl (C=O) groups excluding carboxylic acids is 1. The Morgan fingerprint density at radius 2 is 1.33 bits per heavy atom. The van der Waals surface area contributed by atoms with Gasteiger partial charge in [-0.2, -0.15) is 8.42 Å². The van der Waals surface area contributed by atoms with E-state index in [0.29, 0.717) is 45.1 Å². The highest BCUT2D eigenvalue weighted by Crippen LogP contribution is 2.15. The quantitative estimate of drug-likeness (QED) is 0.260. The lowest BCUT2D eigenvalue weighted by atomic mass is 10.1. The summed E-state index contributed by atoms with van der Waals surface area (Å²) in [7, 11) is -3.63. The van der Waals surface area contributed by atoms with Crippen LogP contribution >= 0.6 is 0 Å². The average molecular weight is 522 g/mol. The van der Waals surface area contributed by atoms with Crippen LogP contribution in [0.1, 0.15) is 24.0 Å². The number of amides is 1. The van der Waals surface area contributed by atoms with Crippen LogP contribution in [0.3, 0.4) is 0 Å². The number of likely N-dealkylation sites (tertiary alicyclic amines) is 1. The largest absolute Gasteiger partial charge is 0.445 e. The minimum Gasteiger partial charge on any atom is -0.445 e. The minimum absolute atomic E-state index is 0.0310. The molecule has 0 saturated carbocycles. The summed E-state index contributed by atoms with van der Waals surface area (Å²) in [6.45, 7) is 3.24. The van der Waals surface area contributed by atoms with E-state index in [4.69, 9.17) is 23.1 Å². The fraction of sp³-hybridized carbons (Fsp3) is 0.500. The summed E-state index contributed by atoms with van der Waals surface area (Å²) in [6, 6.07) is 18.5. The molecule has 1 amide bonds. The maximum absolute atomic E-state index is 12.2. The molecule has 3 rings (SSSR count). The first-order valence-corrected chi connectivity index (χ1v) is 13.7. The van der Waals surface area contributed by atoms with E-state index in [-0.39, 0.29) is 37.8 Å². The first-order valence-electron chi connectivity index (χ1n) is 12.2. The van der Waals surface area contributed by atoms with E-state index in [1.54, 1.807) is 29.2 Å². The molecule has 36 heavy (non-hydrogen) atoms. The Morgan fingerprint density at radius 3 is 1.97 bits per heavy atom. The maximum atomic E-state index is 12.2. The van der Waals surface area contributed by atoms with Crippen LogP contribution in [0.25, 0.3) is 0 Å². The van der Waals surface area contributed by atoms with Gasteiger partial charge in [-0.15, -0.1) is 0 Å². The van der Waals surface area contributed by atoms with Gasteiger partial charge in [0.2, 0.25) is 0 Å². The number of piperidine rings is 1. The zero-order chi connectivity index (χ0) is 25.5. The number of benzene rings is 2. The minimum atomic E-state index is -3.63. The first-order chi connectivity index (χ1) is 17.5. The topological polar surface area (TPSA) is 101 Å². The molecular formula is C26H35NO8S. The summed E-state index contributed by atoms with van der Waals surface area (Å²) in [4.78, 5) is 13.9. The predicted molar refractivity (Wildman–Crippen MR) is 134 cm³/mol. The number of rotatable bonds is 15. The molecule has 2 aromatic carbocycles. The van der Waals surface area contributed by atoms with E-state index in [1.165, 1.54) is 0 Å². The van der Waals surface area contributed by atoms with Crippen LogP contribution in [0.4, 0.5) is 4.79 Å². The first kappa shape index (κ1) is 28.1. The van der Waals surface area contributed by atoms with Gasteiger partial charge in [-0.05, 0) is 24.0 Å². The van der Waals surface area contributed by atoms with Gasteiger partial charge in [0.1, 0.15) is 12.4 Å². The van der Waals surface area contributed by atoms with Crippen molar-refractivity contribution < 1.29 is 36.3 Å². The van der Waals surface area contributed by atoms with Crippen LogP contribution in [0, 0.1) is 0 Å². The monoisotopic (exact) mass is 521 g/mol. The van der Waals surface area contributed by atoms with Gasteiger partial charge in [-0.1, -0.05) is 60.7 Å². The Labute approximate surface area is 213 Å². The molecule has 1 aliphatic rings. The van der Waals surface area contributed by atoms with E-state index in [1.807, 2.05) is 36.4 Å². The second kappa shape index (κ2) is 15.6. The zero-order valence-electron chi connectivity index (χ0n) is 20.5. The predicted octanol–water partition coefficient (Wildman–Crippen LogP) is 3.38. The van der Waals surface area contributed by atoms with Gasteiger partial charge in [0.05, 0.1) is 45.7 Å². The zero-order valence-corrected chi connectivity index (χ0v) is 21.3. The smallest absolute Gasteiger partial charge is 0.410 e. The Morgan fingerprint density at radius 1 is 0.778 bits per heavy atom. The third-order valence-corrected chi connectivity index (χ3v) is 6.75. The van der Waals surface area contributed by atoms with Crippen LogP contribution < -0.4 is 0 Å². The SMILES string of the molecule is O=C(OCc1ccccc1)N1CCC(OCCOCCOCCOS(=O)(=O)Cc2ccccc2)CC1. The second-order valence-corrected chi connectivity index (χ2v) is 9.97. The maximum Gasteiger partial charge on any atom is 0.410 e. The van der Waals surface area contributed by atoms with Crippen LogP contribution in [0.2, 0.25) is 0 Å². The summed E-state index contributed by atoms with van der Waals surface area (Å²) in [5, 5.41) is 0. The van der Waals surface area contributed by atoms with E-state index in [9.17, 15) is 13.2 Å². The Hall–Kier alpha value is -2.50. The molecular weight excluding hydrogens is 486 g/mol. The van der Waals surface area contributed by atoms with Crippen LogP contribution in [-0.4, -0.2) is 78.2 Å². The molecule has 0 unspecified atom stereocenters. The normalized spacial score (nSPS) is 14.6. The fourth-order valence-electron chi connectivity index (χ4n) is 3.65. The van der Waals surface area contributed by atoms with Crippen molar-refractivity contribution in [2.45, 2.75) is 31.3 Å². The Bertz CT molecular complexity index is 980. The summed E-state index contributed by atoms with van der Waals surface area (Å²) < 4.78 is 50.9. The number of ether oxygens (including phenoxy) is 4. The van der Waals surface area contributed by atoms with Crippen molar-refractivity contribution in [3.63, 3.8) is 0 Å². The van der Waals surface area contributed by atoms with Gasteiger partial charge in [0, 0.05) is 13.1 Å². The number of nitrogens with zero attached hydrogens (tertiary/aromatic N) is 1. The van der Waals surface area contributed by atoms with Gasteiger partial charge < -0.3 is 23.8 Å². The van der Waals surface area contributed by atoms with E-state index >= 15 is 0 Å². The molecule has 0 aliphatic carbocycles. The number of hydrogen-bond acceptors (Lipinski definition) is 8. The van der Waals surface area contributed by atoms with Gasteiger partial charge in [0.25, 0.3) is 10.1 Å². The highest BCUT2D eigenvalue weighted by molar-refractivity contribution is 7.85. The average Bonchev–Trinajstić information content (AvgIpc) is 2.89. The van der Waals surface area contributed by atoms with Crippen molar-refractivity contribution in [2.24, 2.45) is 0 Å². The van der Waals surface area contributed by atoms with Gasteiger partial charge >= 0.3 is 6.09 Å². The molecule has 2 aromatic rings. The molecule has 10 heteroatoms. The van der Waals surface area contributed by atoms with Crippen molar-refractivity contribution in [2.75, 3.05) is 52.7 Å². The summed E-state index contributed by atoms with van der Waals surface area (Å²) >= 11 is 0. The lowest BCUT2D eigenvalue weighted by Crippen LogP contribution is -2.41. The second-order valence-electron chi connectivity index (χ2n) is 8.33. The van der Waals surface area contributed by atoms with Crippen molar-refractivity contribution in [1.82, 2.24) is 4.90 Å². The van der Waals surface area contributed by atoms with E-state index in [0.717, 1.165) is 18.4 Å². The van der Waals surface area contributed by atoms with E-state index < -0.39 is 10.1 Å². The van der Waals surface area contributed by atoms with Crippen molar-refractivity contribution >= 4 is 16.2 Å². The molecule has 198 valence electrons. The summed E-state index contributed by atoms with van der Waals surface area (Å²) in [5.41, 5.74) is 1.65. The lowest BCUT2D eigenvalue weighted by molar-refractivity contribution is -0.0318. The van der Waals surface area contributed by atoms with Gasteiger partial charge in [-0.3, -0.25) is 4.18 Å². The Kier molecular flexibility index (Phi) is 12.1. The lowest BCUT2D eigenvalue weighted by Gasteiger charge is -2.31. The molecule has 0 aromatic heterocycles. The highest BCUT2D eigenvalue weighted by atomic mass is 32.2. The van der Waals surface area contributed by atoms with Crippen molar-refractivity contribution in [3.05, 3.63) is 71.8 Å². The van der Waals surface area contributed by atoms with Crippen LogP contribution in [0.5, 0.6) is 0 Å². The Balaban J connectivity index is 1.13. The molecule has 0 atom stereocenters. The fourth-order valence-corrected chi connectivity index (χ4v) is 4.66. The van der Waals surface area contributed by atoms with Crippen molar-refractivity contribution in [1.29, 1.82) is 0 Å². The molecule has 9 nitrogen and oxygen atoms in total. The number of hydrogen-bond donors (Lipinski definition) is 0. The summed E-state index contributed by atoms with van der Waals surface area (Å²) in [6.07, 6.45) is 1.32. The number of carbonyl (C=O) groups is 1. The third kappa shape index (κ3) is 11.0. The van der Waals surface area contributed by atoms with Gasteiger partial charge in [-0.25, -0.2) is 4.79 Å². The molecule has 0 radical (unpaired) electrons. The third-order valence-electron chi connectivity index (χ3n) is 5.54. The van der Waals surface area contributed by atoms with E-state index in [2.05, 4.69) is 0 Å². The highest BCUT2D eigenvalue weighted by Gasteiger charge is 2.24. The molecule has 0 spiro atoms. The molecule has 0 bridgehead atoms. The van der Waals surface area contributed by atoms with Gasteiger partial charge in [0.15, 0.2) is 0 Å². The van der Waals surface area contributed by atoms with Crippen LogP contribution in [-0.2, 0) is 45.6 Å². The molecule has 0 N–H and O–H groups in total. The molecule has 1 fully saturated rings. The van der Waals surface area contributed by atoms with Crippen molar-refractivity contribution in [3.8, 4) is 0 Å². The standard InChI is InChI=1S/C26H35NO8S/c28-26(34-21-23-7-3-1-4-8-23)27-13-11-25(12-14-27)33-19-17-31-15-16-32-18-20-35-36(29,30)22-24-9-5-2-6-10-24/h1-10,25H,11-22H2. The van der Waals surface area contributed by atoms with Crippen LogP contribution in [0.15, 0.2) is 60.7 Å². The molecule has 1 heterocycles. The molecule has 1 saturated heterocycles. The summed E-state index contributed by atoms with van der Waals surface area (Å²) in [5.74, 6) is -0.158. The molecule has 1 aliphatic heterocycles.